The topological polar surface area (TPSA) is 94.3 Å². The van der Waals surface area contributed by atoms with Crippen molar-refractivity contribution in [3.63, 3.8) is 0 Å². The molecule has 0 radical (unpaired) electrons. The molecule has 1 aromatic heterocycles. The number of rotatable bonds is 5. The summed E-state index contributed by atoms with van der Waals surface area (Å²) in [6.07, 6.45) is 0. The number of benzene rings is 2. The first-order valence-corrected chi connectivity index (χ1v) is 9.79. The Labute approximate surface area is 158 Å². The van der Waals surface area contributed by atoms with Crippen molar-refractivity contribution in [3.8, 4) is 17.1 Å². The lowest BCUT2D eigenvalue weighted by Gasteiger charge is -2.11. The van der Waals surface area contributed by atoms with Crippen LogP contribution in [-0.4, -0.2) is 25.7 Å². The van der Waals surface area contributed by atoms with E-state index in [-0.39, 0.29) is 16.1 Å². The van der Waals surface area contributed by atoms with Crippen LogP contribution in [0.5, 0.6) is 5.75 Å². The van der Waals surface area contributed by atoms with E-state index in [0.717, 1.165) is 0 Å². The smallest absolute Gasteiger partial charge is 0.261 e. The second-order valence-electron chi connectivity index (χ2n) is 7.01. The average Bonchev–Trinajstić information content (AvgIpc) is 3.12. The van der Waals surface area contributed by atoms with Gasteiger partial charge in [-0.15, -0.1) is 0 Å². The molecular weight excluding hydrogens is 366 g/mol. The minimum atomic E-state index is -3.78. The van der Waals surface area contributed by atoms with E-state index in [9.17, 15) is 8.42 Å². The van der Waals surface area contributed by atoms with Crippen molar-refractivity contribution in [1.29, 1.82) is 0 Å². The zero-order chi connectivity index (χ0) is 19.7. The molecule has 0 amide bonds. The number of methoxy groups -OCH3 is 1. The van der Waals surface area contributed by atoms with Crippen molar-refractivity contribution in [2.75, 3.05) is 11.8 Å². The monoisotopic (exact) mass is 387 g/mol. The van der Waals surface area contributed by atoms with Crippen LogP contribution >= 0.6 is 0 Å². The molecule has 3 aromatic rings. The molecule has 1 N–H and O–H groups in total. The molecule has 27 heavy (non-hydrogen) atoms. The predicted octanol–water partition coefficient (Wildman–Crippen LogP) is 3.84. The highest BCUT2D eigenvalue weighted by Gasteiger charge is 2.24. The van der Waals surface area contributed by atoms with Gasteiger partial charge in [0, 0.05) is 11.1 Å². The van der Waals surface area contributed by atoms with Gasteiger partial charge in [0.2, 0.25) is 11.7 Å². The van der Waals surface area contributed by atoms with Crippen molar-refractivity contribution in [1.82, 2.24) is 10.1 Å². The Bertz CT molecular complexity index is 1040. The third-order valence-electron chi connectivity index (χ3n) is 3.82. The van der Waals surface area contributed by atoms with Gasteiger partial charge in [0.25, 0.3) is 10.0 Å². The SMILES string of the molecule is COc1ccc(S(=O)(=O)Nc2ccccc2)cc1-c1noc(C(C)(C)C)n1. The van der Waals surface area contributed by atoms with Crippen LogP contribution in [0.3, 0.4) is 0 Å². The first kappa shape index (κ1) is 18.9. The molecule has 0 unspecified atom stereocenters. The molecular formula is C19H21N3O4S. The molecule has 8 heteroatoms. The Morgan fingerprint density at radius 2 is 1.78 bits per heavy atom. The number of ether oxygens (including phenoxy) is 1. The van der Waals surface area contributed by atoms with Gasteiger partial charge < -0.3 is 9.26 Å². The van der Waals surface area contributed by atoms with E-state index < -0.39 is 10.0 Å². The number of nitrogens with zero attached hydrogens (tertiary/aromatic N) is 2. The minimum Gasteiger partial charge on any atom is -0.496 e. The predicted molar refractivity (Wildman–Crippen MR) is 102 cm³/mol. The lowest BCUT2D eigenvalue weighted by atomic mass is 9.97. The molecule has 0 saturated carbocycles. The molecule has 2 aromatic carbocycles. The van der Waals surface area contributed by atoms with Gasteiger partial charge in [-0.3, -0.25) is 4.72 Å². The molecule has 0 aliphatic carbocycles. The van der Waals surface area contributed by atoms with E-state index in [4.69, 9.17) is 9.26 Å². The van der Waals surface area contributed by atoms with Gasteiger partial charge in [-0.2, -0.15) is 4.98 Å². The average molecular weight is 387 g/mol. The first-order chi connectivity index (χ1) is 12.7. The molecule has 142 valence electrons. The highest BCUT2D eigenvalue weighted by molar-refractivity contribution is 7.92. The molecule has 0 spiro atoms. The summed E-state index contributed by atoms with van der Waals surface area (Å²) < 4.78 is 38.7. The molecule has 0 aliphatic rings. The highest BCUT2D eigenvalue weighted by atomic mass is 32.2. The number of nitrogens with one attached hydrogen (secondary N) is 1. The zero-order valence-corrected chi connectivity index (χ0v) is 16.4. The number of anilines is 1. The zero-order valence-electron chi connectivity index (χ0n) is 15.6. The fourth-order valence-electron chi connectivity index (χ4n) is 2.39. The van der Waals surface area contributed by atoms with Gasteiger partial charge in [-0.05, 0) is 30.3 Å². The highest BCUT2D eigenvalue weighted by Crippen LogP contribution is 2.32. The summed E-state index contributed by atoms with van der Waals surface area (Å²) in [7, 11) is -2.28. The standard InChI is InChI=1S/C19H21N3O4S/c1-19(2,3)18-20-17(21-26-18)15-12-14(10-11-16(15)25-4)27(23,24)22-13-8-6-5-7-9-13/h5-12,22H,1-4H3. The van der Waals surface area contributed by atoms with Crippen molar-refractivity contribution >= 4 is 15.7 Å². The van der Waals surface area contributed by atoms with Gasteiger partial charge in [-0.1, -0.05) is 44.1 Å². The number of para-hydroxylation sites is 1. The quantitative estimate of drug-likeness (QED) is 0.715. The molecule has 0 fully saturated rings. The minimum absolute atomic E-state index is 0.0734. The maximum absolute atomic E-state index is 12.7. The molecule has 0 atom stereocenters. The second-order valence-corrected chi connectivity index (χ2v) is 8.69. The third-order valence-corrected chi connectivity index (χ3v) is 5.19. The number of aromatic nitrogens is 2. The van der Waals surface area contributed by atoms with Crippen molar-refractivity contribution < 1.29 is 17.7 Å². The molecule has 1 heterocycles. The number of hydrogen-bond acceptors (Lipinski definition) is 6. The van der Waals surface area contributed by atoms with Crippen molar-refractivity contribution in [2.45, 2.75) is 31.1 Å². The summed E-state index contributed by atoms with van der Waals surface area (Å²) in [6.45, 7) is 5.85. The van der Waals surface area contributed by atoms with Crippen LogP contribution in [-0.2, 0) is 15.4 Å². The van der Waals surface area contributed by atoms with E-state index in [2.05, 4.69) is 14.9 Å². The molecule has 0 saturated heterocycles. The fourth-order valence-corrected chi connectivity index (χ4v) is 3.47. The van der Waals surface area contributed by atoms with Crippen LogP contribution in [0, 0.1) is 0 Å². The van der Waals surface area contributed by atoms with E-state index in [1.165, 1.54) is 19.2 Å². The van der Waals surface area contributed by atoms with Crippen molar-refractivity contribution in [3.05, 3.63) is 54.4 Å². The Morgan fingerprint density at radius 1 is 1.07 bits per heavy atom. The Kier molecular flexibility index (Phi) is 4.93. The van der Waals surface area contributed by atoms with Gasteiger partial charge in [-0.25, -0.2) is 8.42 Å². The van der Waals surface area contributed by atoms with Gasteiger partial charge >= 0.3 is 0 Å². The summed E-state index contributed by atoms with van der Waals surface area (Å²) in [4.78, 5) is 4.47. The summed E-state index contributed by atoms with van der Waals surface area (Å²) in [5.41, 5.74) is 0.592. The Morgan fingerprint density at radius 3 is 2.37 bits per heavy atom. The summed E-state index contributed by atoms with van der Waals surface area (Å²) in [6, 6.07) is 13.2. The molecule has 0 bridgehead atoms. The van der Waals surface area contributed by atoms with Crippen LogP contribution in [0.25, 0.3) is 11.4 Å². The Balaban J connectivity index is 2.02. The lowest BCUT2D eigenvalue weighted by molar-refractivity contribution is 0.321. The van der Waals surface area contributed by atoms with Gasteiger partial charge in [0.1, 0.15) is 5.75 Å². The number of hydrogen-bond donors (Lipinski definition) is 1. The van der Waals surface area contributed by atoms with E-state index >= 15 is 0 Å². The lowest BCUT2D eigenvalue weighted by Crippen LogP contribution is -2.13. The maximum Gasteiger partial charge on any atom is 0.261 e. The largest absolute Gasteiger partial charge is 0.496 e. The maximum atomic E-state index is 12.7. The molecule has 7 nitrogen and oxygen atoms in total. The number of sulfonamides is 1. The summed E-state index contributed by atoms with van der Waals surface area (Å²) in [5.74, 6) is 1.18. The van der Waals surface area contributed by atoms with Gasteiger partial charge in [0.15, 0.2) is 0 Å². The van der Waals surface area contributed by atoms with Crippen LogP contribution in [0.4, 0.5) is 5.69 Å². The first-order valence-electron chi connectivity index (χ1n) is 8.31. The van der Waals surface area contributed by atoms with E-state index in [1.54, 1.807) is 30.3 Å². The third kappa shape index (κ3) is 4.11. The van der Waals surface area contributed by atoms with Crippen LogP contribution < -0.4 is 9.46 Å². The van der Waals surface area contributed by atoms with Crippen LogP contribution in [0.2, 0.25) is 0 Å². The molecule has 0 aliphatic heterocycles. The summed E-state index contributed by atoms with van der Waals surface area (Å²) in [5, 5.41) is 3.99. The molecule has 3 rings (SSSR count). The fraction of sp³-hybridized carbons (Fsp3) is 0.263. The normalized spacial score (nSPS) is 12.0. The van der Waals surface area contributed by atoms with Gasteiger partial charge in [0.05, 0.1) is 17.6 Å². The van der Waals surface area contributed by atoms with Crippen molar-refractivity contribution in [2.24, 2.45) is 0 Å². The van der Waals surface area contributed by atoms with Crippen LogP contribution in [0.1, 0.15) is 26.7 Å². The van der Waals surface area contributed by atoms with E-state index in [0.29, 0.717) is 22.9 Å². The van der Waals surface area contributed by atoms with E-state index in [1.807, 2.05) is 26.8 Å². The second kappa shape index (κ2) is 7.03. The van der Waals surface area contributed by atoms with Crippen LogP contribution in [0.15, 0.2) is 57.9 Å². The summed E-state index contributed by atoms with van der Waals surface area (Å²) >= 11 is 0. The Hall–Kier alpha value is -2.87.